The van der Waals surface area contributed by atoms with E-state index in [1.807, 2.05) is 6.92 Å². The molecule has 1 aliphatic heterocycles. The second-order valence-electron chi connectivity index (χ2n) is 5.83. The molecule has 0 bridgehead atoms. The van der Waals surface area contributed by atoms with Crippen molar-refractivity contribution in [2.24, 2.45) is 5.41 Å². The SMILES string of the molecule is COC1CCC(Br)CC1S(=O)(=O)CC1(C)COC1. The van der Waals surface area contributed by atoms with Gasteiger partial charge in [0.2, 0.25) is 0 Å². The first kappa shape index (κ1) is 14.8. The molecule has 4 nitrogen and oxygen atoms in total. The van der Waals surface area contributed by atoms with E-state index in [9.17, 15) is 8.42 Å². The number of methoxy groups -OCH3 is 1. The number of hydrogen-bond donors (Lipinski definition) is 0. The number of hydrogen-bond acceptors (Lipinski definition) is 4. The summed E-state index contributed by atoms with van der Waals surface area (Å²) in [6.45, 7) is 3.08. The Balaban J connectivity index is 2.10. The maximum absolute atomic E-state index is 12.6. The minimum atomic E-state index is -3.13. The molecule has 2 aliphatic rings. The van der Waals surface area contributed by atoms with Crippen LogP contribution in [-0.2, 0) is 19.3 Å². The third-order valence-electron chi connectivity index (χ3n) is 3.88. The molecule has 1 saturated carbocycles. The highest BCUT2D eigenvalue weighted by Crippen LogP contribution is 2.35. The molecule has 18 heavy (non-hydrogen) atoms. The highest BCUT2D eigenvalue weighted by atomic mass is 79.9. The fourth-order valence-electron chi connectivity index (χ4n) is 2.83. The first-order valence-corrected chi connectivity index (χ1v) is 8.96. The van der Waals surface area contributed by atoms with E-state index in [0.717, 1.165) is 12.8 Å². The smallest absolute Gasteiger partial charge is 0.156 e. The molecule has 0 spiro atoms. The van der Waals surface area contributed by atoms with Gasteiger partial charge in [0, 0.05) is 17.4 Å². The Bertz CT molecular complexity index is 391. The zero-order valence-corrected chi connectivity index (χ0v) is 13.3. The van der Waals surface area contributed by atoms with Crippen LogP contribution >= 0.6 is 15.9 Å². The molecule has 1 heterocycles. The summed E-state index contributed by atoms with van der Waals surface area (Å²) in [5.41, 5.74) is -0.198. The highest BCUT2D eigenvalue weighted by molar-refractivity contribution is 9.09. The fraction of sp³-hybridized carbons (Fsp3) is 1.00. The summed E-state index contributed by atoms with van der Waals surface area (Å²) in [5.74, 6) is 0.213. The van der Waals surface area contributed by atoms with Crippen LogP contribution in [0.4, 0.5) is 0 Å². The zero-order chi connectivity index (χ0) is 13.4. The van der Waals surface area contributed by atoms with Gasteiger partial charge in [-0.05, 0) is 19.3 Å². The van der Waals surface area contributed by atoms with Gasteiger partial charge in [-0.1, -0.05) is 22.9 Å². The van der Waals surface area contributed by atoms with Crippen LogP contribution < -0.4 is 0 Å². The molecule has 0 aromatic heterocycles. The maximum atomic E-state index is 12.6. The van der Waals surface area contributed by atoms with Crippen LogP contribution in [0.1, 0.15) is 26.2 Å². The molecule has 2 fully saturated rings. The Morgan fingerprint density at radius 1 is 1.39 bits per heavy atom. The molecule has 3 unspecified atom stereocenters. The molecule has 0 radical (unpaired) electrons. The lowest BCUT2D eigenvalue weighted by Crippen LogP contribution is -2.50. The van der Waals surface area contributed by atoms with Crippen LogP contribution in [0.25, 0.3) is 0 Å². The third kappa shape index (κ3) is 3.08. The topological polar surface area (TPSA) is 52.6 Å². The van der Waals surface area contributed by atoms with Crippen LogP contribution in [0.15, 0.2) is 0 Å². The van der Waals surface area contributed by atoms with E-state index in [1.54, 1.807) is 7.11 Å². The molecule has 6 heteroatoms. The van der Waals surface area contributed by atoms with E-state index >= 15 is 0 Å². The second kappa shape index (κ2) is 5.38. The van der Waals surface area contributed by atoms with Gasteiger partial charge in [0.1, 0.15) is 0 Å². The van der Waals surface area contributed by atoms with Crippen LogP contribution in [0.2, 0.25) is 0 Å². The summed E-state index contributed by atoms with van der Waals surface area (Å²) in [4.78, 5) is 0.286. The first-order chi connectivity index (χ1) is 8.36. The summed E-state index contributed by atoms with van der Waals surface area (Å²) in [7, 11) is -1.52. The quantitative estimate of drug-likeness (QED) is 0.732. The summed E-state index contributed by atoms with van der Waals surface area (Å²) in [6.07, 6.45) is 2.28. The van der Waals surface area contributed by atoms with Crippen LogP contribution in [0, 0.1) is 5.41 Å². The Kier molecular flexibility index (Phi) is 4.41. The molecule has 0 aromatic rings. The fourth-order valence-corrected chi connectivity index (χ4v) is 6.33. The van der Waals surface area contributed by atoms with Crippen LogP contribution in [0.3, 0.4) is 0 Å². The Labute approximate surface area is 117 Å². The minimum Gasteiger partial charge on any atom is -0.380 e. The largest absolute Gasteiger partial charge is 0.380 e. The van der Waals surface area contributed by atoms with Crippen molar-refractivity contribution in [3.63, 3.8) is 0 Å². The van der Waals surface area contributed by atoms with Crippen molar-refractivity contribution in [2.75, 3.05) is 26.1 Å². The van der Waals surface area contributed by atoms with Crippen molar-refractivity contribution in [1.29, 1.82) is 0 Å². The molecule has 3 atom stereocenters. The number of sulfone groups is 1. The van der Waals surface area contributed by atoms with E-state index in [-0.39, 0.29) is 27.3 Å². The number of halogens is 1. The van der Waals surface area contributed by atoms with E-state index < -0.39 is 9.84 Å². The predicted octanol–water partition coefficient (Wildman–Crippen LogP) is 1.77. The third-order valence-corrected chi connectivity index (χ3v) is 7.23. The van der Waals surface area contributed by atoms with Gasteiger partial charge in [0.15, 0.2) is 9.84 Å². The number of ether oxygens (including phenoxy) is 2. The normalized spacial score (nSPS) is 36.1. The molecule has 106 valence electrons. The minimum absolute atomic E-state index is 0.159. The molecule has 0 N–H and O–H groups in total. The van der Waals surface area contributed by atoms with Gasteiger partial charge in [-0.3, -0.25) is 0 Å². The van der Waals surface area contributed by atoms with E-state index in [2.05, 4.69) is 15.9 Å². The molecular weight excluding hydrogens is 320 g/mol. The Morgan fingerprint density at radius 3 is 2.56 bits per heavy atom. The van der Waals surface area contributed by atoms with Crippen LogP contribution in [-0.4, -0.2) is 50.7 Å². The molecule has 0 amide bonds. The predicted molar refractivity (Wildman–Crippen MR) is 73.9 cm³/mol. The Hall–Kier alpha value is 0.350. The average Bonchev–Trinajstić information content (AvgIpc) is 2.26. The lowest BCUT2D eigenvalue weighted by atomic mass is 9.92. The number of rotatable bonds is 4. The molecular formula is C12H21BrO4S. The molecule has 2 rings (SSSR count). The molecule has 1 aliphatic carbocycles. The summed E-state index contributed by atoms with van der Waals surface area (Å²) in [6, 6.07) is 0. The van der Waals surface area contributed by atoms with E-state index in [0.29, 0.717) is 19.6 Å². The second-order valence-corrected chi connectivity index (χ2v) is 9.35. The van der Waals surface area contributed by atoms with Gasteiger partial charge >= 0.3 is 0 Å². The average molecular weight is 341 g/mol. The van der Waals surface area contributed by atoms with Crippen molar-refractivity contribution in [3.05, 3.63) is 0 Å². The van der Waals surface area contributed by atoms with Gasteiger partial charge in [-0.15, -0.1) is 0 Å². The summed E-state index contributed by atoms with van der Waals surface area (Å²) in [5, 5.41) is -0.377. The Morgan fingerprint density at radius 2 is 2.06 bits per heavy atom. The highest BCUT2D eigenvalue weighted by Gasteiger charge is 2.44. The number of alkyl halides is 1. The zero-order valence-electron chi connectivity index (χ0n) is 10.9. The first-order valence-electron chi connectivity index (χ1n) is 6.32. The van der Waals surface area contributed by atoms with Gasteiger partial charge in [0.25, 0.3) is 0 Å². The monoisotopic (exact) mass is 340 g/mol. The standard InChI is InChI=1S/C12H21BrO4S/c1-12(6-17-7-12)8-18(14,15)11-5-9(13)3-4-10(11)16-2/h9-11H,3-8H2,1-2H3. The van der Waals surface area contributed by atoms with Crippen molar-refractivity contribution in [2.45, 2.75) is 42.4 Å². The van der Waals surface area contributed by atoms with Gasteiger partial charge in [0.05, 0.1) is 30.3 Å². The van der Waals surface area contributed by atoms with E-state index in [1.165, 1.54) is 0 Å². The molecule has 0 aromatic carbocycles. The molecule has 1 saturated heterocycles. The van der Waals surface area contributed by atoms with Gasteiger partial charge in [-0.2, -0.15) is 0 Å². The van der Waals surface area contributed by atoms with Gasteiger partial charge in [-0.25, -0.2) is 8.42 Å². The summed E-state index contributed by atoms with van der Waals surface area (Å²) >= 11 is 3.54. The lowest BCUT2D eigenvalue weighted by Gasteiger charge is -2.40. The van der Waals surface area contributed by atoms with Crippen molar-refractivity contribution >= 4 is 25.8 Å². The van der Waals surface area contributed by atoms with E-state index in [4.69, 9.17) is 9.47 Å². The van der Waals surface area contributed by atoms with Gasteiger partial charge < -0.3 is 9.47 Å². The maximum Gasteiger partial charge on any atom is 0.156 e. The van der Waals surface area contributed by atoms with Crippen molar-refractivity contribution in [3.8, 4) is 0 Å². The van der Waals surface area contributed by atoms with Crippen molar-refractivity contribution < 1.29 is 17.9 Å². The van der Waals surface area contributed by atoms with Crippen LogP contribution in [0.5, 0.6) is 0 Å². The summed E-state index contributed by atoms with van der Waals surface area (Å²) < 4.78 is 35.6. The van der Waals surface area contributed by atoms with Crippen molar-refractivity contribution in [1.82, 2.24) is 0 Å². The lowest BCUT2D eigenvalue weighted by molar-refractivity contribution is -0.0872.